The van der Waals surface area contributed by atoms with Crippen LogP contribution in [0.1, 0.15) is 5.56 Å². The fourth-order valence-corrected chi connectivity index (χ4v) is 1.48. The molecule has 0 aliphatic heterocycles. The lowest BCUT2D eigenvalue weighted by Crippen LogP contribution is -1.99. The summed E-state index contributed by atoms with van der Waals surface area (Å²) in [6.07, 6.45) is 0. The maximum absolute atomic E-state index is 5.24. The first-order chi connectivity index (χ1) is 8.29. The van der Waals surface area contributed by atoms with E-state index in [-0.39, 0.29) is 0 Å². The van der Waals surface area contributed by atoms with Crippen LogP contribution in [0, 0.1) is 6.92 Å². The molecule has 3 heteroatoms. The summed E-state index contributed by atoms with van der Waals surface area (Å²) in [5.41, 5.74) is 2.98. The zero-order valence-electron chi connectivity index (χ0n) is 10.00. The Kier molecular flexibility index (Phi) is 3.50. The number of hydrogen-bond donors (Lipinski definition) is 0. The van der Waals surface area contributed by atoms with E-state index in [0.717, 1.165) is 11.4 Å². The molecule has 3 nitrogen and oxygen atoms in total. The van der Waals surface area contributed by atoms with Gasteiger partial charge in [-0.15, -0.1) is 0 Å². The molecular weight excluding hydrogens is 212 g/mol. The van der Waals surface area contributed by atoms with Crippen LogP contribution in [0.2, 0.25) is 0 Å². The van der Waals surface area contributed by atoms with Crippen molar-refractivity contribution in [1.82, 2.24) is 0 Å². The molecule has 0 aliphatic carbocycles. The number of rotatable bonds is 3. The van der Waals surface area contributed by atoms with E-state index in [1.54, 1.807) is 7.11 Å². The molecule has 0 atom stereocenters. The summed E-state index contributed by atoms with van der Waals surface area (Å²) in [7, 11) is 1.60. The molecule has 0 heterocycles. The lowest BCUT2D eigenvalue weighted by atomic mass is 10.2. The molecule has 86 valence electrons. The van der Waals surface area contributed by atoms with Gasteiger partial charge in [-0.1, -0.05) is 35.9 Å². The first-order valence-electron chi connectivity index (χ1n) is 5.47. The van der Waals surface area contributed by atoms with E-state index in [4.69, 9.17) is 4.84 Å². The minimum atomic E-state index is 0.862. The average Bonchev–Trinajstić information content (AvgIpc) is 2.39. The molecule has 0 unspecified atom stereocenters. The number of aryl methyl sites for hydroxylation is 1. The summed E-state index contributed by atoms with van der Waals surface area (Å²) in [5.74, 6) is 0. The maximum Gasteiger partial charge on any atom is 0.289 e. The molecule has 2 aromatic rings. The molecule has 17 heavy (non-hydrogen) atoms. The van der Waals surface area contributed by atoms with Gasteiger partial charge in [-0.25, -0.2) is 4.84 Å². The van der Waals surface area contributed by atoms with Gasteiger partial charge in [-0.3, -0.25) is 0 Å². The van der Waals surface area contributed by atoms with Crippen molar-refractivity contribution in [2.75, 3.05) is 7.11 Å². The van der Waals surface area contributed by atoms with Crippen molar-refractivity contribution in [3.05, 3.63) is 60.2 Å². The summed E-state index contributed by atoms with van der Waals surface area (Å²) < 4.78 is 0. The highest BCUT2D eigenvalue weighted by atomic mass is 16.7. The Balaban J connectivity index is 2.33. The third-order valence-corrected chi connectivity index (χ3v) is 2.39. The van der Waals surface area contributed by atoms with E-state index in [9.17, 15) is 0 Å². The third kappa shape index (κ3) is 2.91. The quantitative estimate of drug-likeness (QED) is 0.442. The minimum absolute atomic E-state index is 0.862. The third-order valence-electron chi connectivity index (χ3n) is 2.39. The van der Waals surface area contributed by atoms with E-state index in [0.29, 0.717) is 0 Å². The SMILES string of the molecule is CO/[N+](=N\c1ccc(C)cc1)c1ccccc1. The predicted molar refractivity (Wildman–Crippen MR) is 66.6 cm³/mol. The van der Waals surface area contributed by atoms with Crippen molar-refractivity contribution in [3.63, 3.8) is 0 Å². The van der Waals surface area contributed by atoms with Crippen molar-refractivity contribution in [1.29, 1.82) is 0 Å². The van der Waals surface area contributed by atoms with Gasteiger partial charge in [0, 0.05) is 12.1 Å². The summed E-state index contributed by atoms with van der Waals surface area (Å²) >= 11 is 0. The second kappa shape index (κ2) is 5.25. The molecule has 0 spiro atoms. The van der Waals surface area contributed by atoms with Crippen LogP contribution < -0.4 is 0 Å². The molecule has 0 saturated heterocycles. The Hall–Kier alpha value is -2.16. The zero-order valence-corrected chi connectivity index (χ0v) is 10.00. The standard InChI is InChI=1S/C14H15N2O/c1-12-8-10-13(11-9-12)15-16(17-2)14-6-4-3-5-7-14/h3-11H,1-2H3/q+1/b16-15-. The van der Waals surface area contributed by atoms with E-state index in [1.807, 2.05) is 54.6 Å². The van der Waals surface area contributed by atoms with Gasteiger partial charge in [0.15, 0.2) is 7.11 Å². The normalized spacial score (nSPS) is 11.3. The van der Waals surface area contributed by atoms with Gasteiger partial charge in [0.1, 0.15) is 10.5 Å². The Bertz CT molecular complexity index is 504. The molecular formula is C14H15N2O+. The van der Waals surface area contributed by atoms with Crippen LogP contribution in [0.3, 0.4) is 0 Å². The van der Waals surface area contributed by atoms with Gasteiger partial charge in [-0.2, -0.15) is 0 Å². The molecule has 0 N–H and O–H groups in total. The Morgan fingerprint density at radius 3 is 2.18 bits per heavy atom. The van der Waals surface area contributed by atoms with Crippen molar-refractivity contribution >= 4 is 11.4 Å². The average molecular weight is 227 g/mol. The largest absolute Gasteiger partial charge is 0.289 e. The van der Waals surface area contributed by atoms with Crippen LogP contribution >= 0.6 is 0 Å². The molecule has 0 aromatic heterocycles. The van der Waals surface area contributed by atoms with E-state index in [2.05, 4.69) is 12.0 Å². The molecule has 2 aromatic carbocycles. The first-order valence-corrected chi connectivity index (χ1v) is 5.47. The highest BCUT2D eigenvalue weighted by Gasteiger charge is 2.11. The summed E-state index contributed by atoms with van der Waals surface area (Å²) in [4.78, 5) is 6.74. The van der Waals surface area contributed by atoms with Crippen LogP contribution in [0.4, 0.5) is 11.4 Å². The number of azo groups is 1. The Morgan fingerprint density at radius 1 is 0.941 bits per heavy atom. The molecule has 2 rings (SSSR count). The number of hydrogen-bond acceptors (Lipinski definition) is 2. The fourth-order valence-electron chi connectivity index (χ4n) is 1.48. The molecule has 0 radical (unpaired) electrons. The van der Waals surface area contributed by atoms with Crippen LogP contribution in [0.15, 0.2) is 59.7 Å². The van der Waals surface area contributed by atoms with Crippen LogP contribution in [-0.4, -0.2) is 12.0 Å². The number of nitrogens with zero attached hydrogens (tertiary/aromatic N) is 2. The van der Waals surface area contributed by atoms with Crippen LogP contribution in [0.25, 0.3) is 0 Å². The topological polar surface area (TPSA) is 24.6 Å². The maximum atomic E-state index is 5.24. The fraction of sp³-hybridized carbons (Fsp3) is 0.143. The first kappa shape index (κ1) is 11.3. The van der Waals surface area contributed by atoms with Gasteiger partial charge in [0.25, 0.3) is 5.69 Å². The monoisotopic (exact) mass is 227 g/mol. The Labute approximate surface area is 101 Å². The van der Waals surface area contributed by atoms with Gasteiger partial charge >= 0.3 is 0 Å². The van der Waals surface area contributed by atoms with E-state index < -0.39 is 0 Å². The summed E-state index contributed by atoms with van der Waals surface area (Å²) in [6, 6.07) is 17.7. The van der Waals surface area contributed by atoms with E-state index >= 15 is 0 Å². The zero-order chi connectivity index (χ0) is 12.1. The second-order valence-electron chi connectivity index (χ2n) is 3.73. The number of benzene rings is 2. The van der Waals surface area contributed by atoms with Gasteiger partial charge < -0.3 is 0 Å². The smallest absolute Gasteiger partial charge is 0.248 e. The molecule has 0 saturated carbocycles. The van der Waals surface area contributed by atoms with Gasteiger partial charge in [0.05, 0.1) is 5.11 Å². The van der Waals surface area contributed by atoms with Crippen LogP contribution in [0.5, 0.6) is 0 Å². The second-order valence-corrected chi connectivity index (χ2v) is 3.73. The lowest BCUT2D eigenvalue weighted by Gasteiger charge is -1.95. The molecule has 0 amide bonds. The summed E-state index contributed by atoms with van der Waals surface area (Å²) in [5, 5.41) is 4.40. The molecule has 0 aliphatic rings. The van der Waals surface area contributed by atoms with Gasteiger partial charge in [0.2, 0.25) is 0 Å². The molecule has 0 fully saturated rings. The molecule has 0 bridgehead atoms. The van der Waals surface area contributed by atoms with E-state index in [1.165, 1.54) is 10.4 Å². The lowest BCUT2D eigenvalue weighted by molar-refractivity contribution is -0.767. The van der Waals surface area contributed by atoms with Crippen molar-refractivity contribution in [2.24, 2.45) is 5.11 Å². The summed E-state index contributed by atoms with van der Waals surface area (Å²) in [6.45, 7) is 2.05. The van der Waals surface area contributed by atoms with Crippen LogP contribution in [-0.2, 0) is 4.84 Å². The van der Waals surface area contributed by atoms with Crippen molar-refractivity contribution in [2.45, 2.75) is 6.92 Å². The minimum Gasteiger partial charge on any atom is -0.248 e. The predicted octanol–water partition coefficient (Wildman–Crippen LogP) is 3.98. The van der Waals surface area contributed by atoms with Crippen molar-refractivity contribution < 1.29 is 9.70 Å². The number of para-hydroxylation sites is 1. The Morgan fingerprint density at radius 2 is 1.59 bits per heavy atom. The highest BCUT2D eigenvalue weighted by Crippen LogP contribution is 2.18. The highest BCUT2D eigenvalue weighted by molar-refractivity contribution is 5.37. The van der Waals surface area contributed by atoms with Gasteiger partial charge in [-0.05, 0) is 19.1 Å². The van der Waals surface area contributed by atoms with Crippen molar-refractivity contribution in [3.8, 4) is 0 Å².